The number of anilines is 1. The predicted octanol–water partition coefficient (Wildman–Crippen LogP) is 4.63. The monoisotopic (exact) mass is 414 g/mol. The number of nitrogens with two attached hydrogens (primary N) is 1. The normalized spacial score (nSPS) is 11.3. The Labute approximate surface area is 170 Å². The van der Waals surface area contributed by atoms with Crippen molar-refractivity contribution in [2.24, 2.45) is 0 Å². The van der Waals surface area contributed by atoms with E-state index in [2.05, 4.69) is 20.1 Å². The van der Waals surface area contributed by atoms with Crippen LogP contribution in [0.3, 0.4) is 0 Å². The van der Waals surface area contributed by atoms with Gasteiger partial charge in [0.05, 0.1) is 11.3 Å². The van der Waals surface area contributed by atoms with Gasteiger partial charge in [0.2, 0.25) is 5.95 Å². The molecule has 0 fully saturated rings. The molecule has 0 aliphatic heterocycles. The second kappa shape index (κ2) is 7.36. The number of benzene rings is 1. The van der Waals surface area contributed by atoms with Crippen LogP contribution in [0.5, 0.6) is 0 Å². The zero-order chi connectivity index (χ0) is 20.7. The molecule has 4 aromatic rings. The van der Waals surface area contributed by atoms with Crippen LogP contribution in [0.25, 0.3) is 28.0 Å². The topological polar surface area (TPSA) is 82.0 Å². The van der Waals surface area contributed by atoms with Crippen molar-refractivity contribution in [2.75, 3.05) is 5.73 Å². The summed E-state index contributed by atoms with van der Waals surface area (Å²) >= 11 is 6.17. The van der Waals surface area contributed by atoms with Crippen LogP contribution in [0.2, 0.25) is 5.15 Å². The lowest BCUT2D eigenvalue weighted by atomic mass is 10.00. The maximum absolute atomic E-state index is 14.6. The molecule has 0 saturated heterocycles. The lowest BCUT2D eigenvalue weighted by Crippen LogP contribution is -2.06. The molecule has 6 nitrogen and oxygen atoms in total. The average Bonchev–Trinajstić information content (AvgIpc) is 3.05. The minimum absolute atomic E-state index is 0.0502. The summed E-state index contributed by atoms with van der Waals surface area (Å²) in [5.74, 6) is -0.796. The van der Waals surface area contributed by atoms with Crippen molar-refractivity contribution in [3.05, 3.63) is 58.6 Å². The van der Waals surface area contributed by atoms with Gasteiger partial charge in [0.1, 0.15) is 16.8 Å². The van der Waals surface area contributed by atoms with Crippen molar-refractivity contribution >= 4 is 23.2 Å². The molecule has 0 radical (unpaired) electrons. The molecule has 0 bridgehead atoms. The first-order chi connectivity index (χ1) is 13.9. The maximum atomic E-state index is 14.6. The van der Waals surface area contributed by atoms with Crippen molar-refractivity contribution in [1.82, 2.24) is 24.6 Å². The number of pyridine rings is 1. The van der Waals surface area contributed by atoms with E-state index >= 15 is 0 Å². The third-order valence-corrected chi connectivity index (χ3v) is 4.62. The first-order valence-electron chi connectivity index (χ1n) is 9.02. The zero-order valence-corrected chi connectivity index (χ0v) is 16.5. The van der Waals surface area contributed by atoms with E-state index in [9.17, 15) is 8.78 Å². The van der Waals surface area contributed by atoms with Gasteiger partial charge in [-0.1, -0.05) is 18.5 Å². The van der Waals surface area contributed by atoms with Crippen molar-refractivity contribution < 1.29 is 8.78 Å². The van der Waals surface area contributed by atoms with Crippen LogP contribution < -0.4 is 5.73 Å². The second-order valence-electron chi connectivity index (χ2n) is 6.65. The Morgan fingerprint density at radius 3 is 2.59 bits per heavy atom. The standard InChI is InChI=1S/C20H17ClF2N6/c1-3-4-16-26-19-17(11-7-10(2)25-15(21)8-11)18(27-20(24)29(19)28-16)13-6-5-12(22)9-14(13)23/h5-9H,3-4H2,1-2H3,(H2,24,27). The number of rotatable bonds is 4. The molecule has 2 N–H and O–H groups in total. The zero-order valence-electron chi connectivity index (χ0n) is 15.7. The molecule has 0 aliphatic rings. The Morgan fingerprint density at radius 2 is 1.90 bits per heavy atom. The van der Waals surface area contributed by atoms with Crippen LogP contribution >= 0.6 is 11.6 Å². The number of nitrogen functional groups attached to an aromatic ring is 1. The second-order valence-corrected chi connectivity index (χ2v) is 7.04. The number of hydrogen-bond donors (Lipinski definition) is 1. The van der Waals surface area contributed by atoms with Crippen LogP contribution in [0.15, 0.2) is 30.3 Å². The highest BCUT2D eigenvalue weighted by molar-refractivity contribution is 6.29. The van der Waals surface area contributed by atoms with Gasteiger partial charge in [0.15, 0.2) is 11.5 Å². The lowest BCUT2D eigenvalue weighted by Gasteiger charge is -2.13. The van der Waals surface area contributed by atoms with Gasteiger partial charge in [0, 0.05) is 23.7 Å². The van der Waals surface area contributed by atoms with Gasteiger partial charge in [0.25, 0.3) is 0 Å². The number of fused-ring (bicyclic) bond motifs is 1. The van der Waals surface area contributed by atoms with E-state index in [1.807, 2.05) is 6.92 Å². The lowest BCUT2D eigenvalue weighted by molar-refractivity contribution is 0.585. The average molecular weight is 415 g/mol. The minimum Gasteiger partial charge on any atom is -0.368 e. The number of aryl methyl sites for hydroxylation is 2. The Bertz CT molecular complexity index is 1220. The van der Waals surface area contributed by atoms with Crippen LogP contribution in [-0.2, 0) is 6.42 Å². The number of halogens is 3. The van der Waals surface area contributed by atoms with Crippen LogP contribution in [0.1, 0.15) is 24.9 Å². The molecule has 0 aliphatic carbocycles. The van der Waals surface area contributed by atoms with Gasteiger partial charge in [-0.15, -0.1) is 5.10 Å². The molecule has 0 saturated carbocycles. The van der Waals surface area contributed by atoms with Gasteiger partial charge in [-0.3, -0.25) is 0 Å². The Kier molecular flexibility index (Phi) is 4.87. The van der Waals surface area contributed by atoms with Gasteiger partial charge >= 0.3 is 0 Å². The molecule has 9 heteroatoms. The highest BCUT2D eigenvalue weighted by Crippen LogP contribution is 2.37. The van der Waals surface area contributed by atoms with Crippen molar-refractivity contribution in [3.8, 4) is 22.4 Å². The first kappa shape index (κ1) is 19.2. The van der Waals surface area contributed by atoms with Gasteiger partial charge in [-0.05, 0) is 43.2 Å². The molecular formula is C20H17ClF2N6. The molecule has 148 valence electrons. The SMILES string of the molecule is CCCc1nc2c(-c3cc(C)nc(Cl)c3)c(-c3ccc(F)cc3F)nc(N)n2n1. The fourth-order valence-corrected chi connectivity index (χ4v) is 3.49. The predicted molar refractivity (Wildman–Crippen MR) is 108 cm³/mol. The van der Waals surface area contributed by atoms with Crippen LogP contribution in [0, 0.1) is 18.6 Å². The molecule has 1 aromatic carbocycles. The van der Waals surface area contributed by atoms with Crippen molar-refractivity contribution in [1.29, 1.82) is 0 Å². The molecule has 0 atom stereocenters. The summed E-state index contributed by atoms with van der Waals surface area (Å²) in [6, 6.07) is 6.73. The third-order valence-electron chi connectivity index (χ3n) is 4.43. The summed E-state index contributed by atoms with van der Waals surface area (Å²) in [4.78, 5) is 13.2. The van der Waals surface area contributed by atoms with Gasteiger partial charge < -0.3 is 5.73 Å². The first-order valence-corrected chi connectivity index (χ1v) is 9.40. The number of nitrogens with zero attached hydrogens (tertiary/aromatic N) is 5. The summed E-state index contributed by atoms with van der Waals surface area (Å²) in [7, 11) is 0. The molecule has 0 unspecified atom stereocenters. The Hall–Kier alpha value is -3.13. The molecule has 4 rings (SSSR count). The summed E-state index contributed by atoms with van der Waals surface area (Å²) in [5, 5.41) is 4.69. The fourth-order valence-electron chi connectivity index (χ4n) is 3.24. The number of hydrogen-bond acceptors (Lipinski definition) is 5. The van der Waals surface area contributed by atoms with Gasteiger partial charge in [-0.2, -0.15) is 4.52 Å². The fraction of sp³-hybridized carbons (Fsp3) is 0.200. The maximum Gasteiger partial charge on any atom is 0.223 e. The molecule has 0 spiro atoms. The largest absolute Gasteiger partial charge is 0.368 e. The summed E-state index contributed by atoms with van der Waals surface area (Å²) in [5.41, 5.74) is 8.64. The summed E-state index contributed by atoms with van der Waals surface area (Å²) < 4.78 is 29.5. The van der Waals surface area contributed by atoms with E-state index < -0.39 is 11.6 Å². The van der Waals surface area contributed by atoms with E-state index in [1.165, 1.54) is 16.6 Å². The van der Waals surface area contributed by atoms with Crippen LogP contribution in [-0.4, -0.2) is 24.6 Å². The van der Waals surface area contributed by atoms with Crippen LogP contribution in [0.4, 0.5) is 14.7 Å². The van der Waals surface area contributed by atoms with Crippen molar-refractivity contribution in [3.63, 3.8) is 0 Å². The highest BCUT2D eigenvalue weighted by Gasteiger charge is 2.22. The Morgan fingerprint density at radius 1 is 1.10 bits per heavy atom. The van der Waals surface area contributed by atoms with Crippen molar-refractivity contribution in [2.45, 2.75) is 26.7 Å². The van der Waals surface area contributed by atoms with E-state index in [1.54, 1.807) is 19.1 Å². The van der Waals surface area contributed by atoms with E-state index in [-0.39, 0.29) is 22.4 Å². The van der Waals surface area contributed by atoms with Gasteiger partial charge in [-0.25, -0.2) is 23.7 Å². The molecule has 0 amide bonds. The molecule has 29 heavy (non-hydrogen) atoms. The number of aromatic nitrogens is 5. The Balaban J connectivity index is 2.11. The molecule has 3 aromatic heterocycles. The van der Waals surface area contributed by atoms with E-state index in [4.69, 9.17) is 17.3 Å². The van der Waals surface area contributed by atoms with E-state index in [0.717, 1.165) is 12.5 Å². The smallest absolute Gasteiger partial charge is 0.223 e. The summed E-state index contributed by atoms with van der Waals surface area (Å²) in [6.45, 7) is 3.81. The third kappa shape index (κ3) is 3.51. The highest BCUT2D eigenvalue weighted by atomic mass is 35.5. The summed E-state index contributed by atoms with van der Waals surface area (Å²) in [6.07, 6.45) is 1.50. The van der Waals surface area contributed by atoms with E-state index in [0.29, 0.717) is 34.7 Å². The molecule has 3 heterocycles. The minimum atomic E-state index is -0.757. The quantitative estimate of drug-likeness (QED) is 0.492. The molecular weight excluding hydrogens is 398 g/mol.